The molecule has 0 spiro atoms. The van der Waals surface area contributed by atoms with Crippen LogP contribution in [0, 0.1) is 0 Å². The minimum atomic E-state index is -2.89. The Morgan fingerprint density at radius 3 is 2.62 bits per heavy atom. The number of benzene rings is 1. The monoisotopic (exact) mass is 311 g/mol. The summed E-state index contributed by atoms with van der Waals surface area (Å²) in [7, 11) is -2.89. The van der Waals surface area contributed by atoms with Crippen LogP contribution in [0.15, 0.2) is 24.3 Å². The van der Waals surface area contributed by atoms with Crippen LogP contribution in [0.1, 0.15) is 36.8 Å². The smallest absolute Gasteiger partial charge is 0.310 e. The van der Waals surface area contributed by atoms with E-state index < -0.39 is 21.7 Å². The van der Waals surface area contributed by atoms with E-state index in [2.05, 4.69) is 5.32 Å². The number of hydrogen-bond donors (Lipinski definition) is 2. The molecule has 0 radical (unpaired) electrons. The summed E-state index contributed by atoms with van der Waals surface area (Å²) in [5.41, 5.74) is 1.80. The summed E-state index contributed by atoms with van der Waals surface area (Å²) in [5, 5.41) is 12.2. The van der Waals surface area contributed by atoms with Gasteiger partial charge in [0.15, 0.2) is 9.84 Å². The van der Waals surface area contributed by atoms with Gasteiger partial charge in [-0.15, -0.1) is 0 Å². The van der Waals surface area contributed by atoms with E-state index in [4.69, 9.17) is 5.11 Å². The summed E-state index contributed by atoms with van der Waals surface area (Å²) in [5.74, 6) is -0.850. The Balaban J connectivity index is 1.90. The fourth-order valence-electron chi connectivity index (χ4n) is 2.51. The summed E-state index contributed by atoms with van der Waals surface area (Å²) < 4.78 is 23.1. The first-order valence-electron chi connectivity index (χ1n) is 7.13. The lowest BCUT2D eigenvalue weighted by molar-refractivity contribution is -0.138. The first-order valence-corrected chi connectivity index (χ1v) is 8.95. The second kappa shape index (κ2) is 6.58. The minimum Gasteiger partial charge on any atom is -0.481 e. The topological polar surface area (TPSA) is 83.5 Å². The molecule has 0 aromatic heterocycles. The first-order chi connectivity index (χ1) is 9.87. The third-order valence-electron chi connectivity index (χ3n) is 3.91. The lowest BCUT2D eigenvalue weighted by Gasteiger charge is -2.23. The highest BCUT2D eigenvalue weighted by Crippen LogP contribution is 2.17. The second-order valence-corrected chi connectivity index (χ2v) is 7.86. The van der Waals surface area contributed by atoms with Crippen molar-refractivity contribution in [1.82, 2.24) is 5.32 Å². The summed E-state index contributed by atoms with van der Waals surface area (Å²) in [6.45, 7) is 2.25. The molecule has 0 amide bonds. The van der Waals surface area contributed by atoms with Gasteiger partial charge in [0, 0.05) is 12.6 Å². The van der Waals surface area contributed by atoms with Gasteiger partial charge >= 0.3 is 5.97 Å². The van der Waals surface area contributed by atoms with E-state index in [-0.39, 0.29) is 11.8 Å². The van der Waals surface area contributed by atoms with E-state index in [1.807, 2.05) is 24.3 Å². The van der Waals surface area contributed by atoms with E-state index in [9.17, 15) is 13.2 Å². The molecule has 0 aliphatic carbocycles. The molecule has 5 nitrogen and oxygen atoms in total. The molecule has 2 N–H and O–H groups in total. The van der Waals surface area contributed by atoms with Gasteiger partial charge in [-0.25, -0.2) is 8.42 Å². The summed E-state index contributed by atoms with van der Waals surface area (Å²) in [6.07, 6.45) is 1.60. The Hall–Kier alpha value is -1.40. The van der Waals surface area contributed by atoms with E-state index >= 15 is 0 Å². The first kappa shape index (κ1) is 16.0. The zero-order valence-corrected chi connectivity index (χ0v) is 12.9. The number of carboxylic acid groups (broad SMARTS) is 1. The Bertz CT molecular complexity index is 595. The Labute approximate surface area is 125 Å². The Kier molecular flexibility index (Phi) is 5.00. The van der Waals surface area contributed by atoms with Crippen molar-refractivity contribution in [1.29, 1.82) is 0 Å². The summed E-state index contributed by atoms with van der Waals surface area (Å²) in [6, 6.07) is 7.42. The number of carboxylic acids is 1. The van der Waals surface area contributed by atoms with Gasteiger partial charge in [0.2, 0.25) is 0 Å². The molecule has 2 unspecified atom stereocenters. The fraction of sp³-hybridized carbons (Fsp3) is 0.533. The van der Waals surface area contributed by atoms with Crippen molar-refractivity contribution in [2.75, 3.05) is 11.5 Å². The predicted molar refractivity (Wildman–Crippen MR) is 81.0 cm³/mol. The lowest BCUT2D eigenvalue weighted by atomic mass is 10.00. The van der Waals surface area contributed by atoms with Crippen LogP contribution in [0.2, 0.25) is 0 Å². The van der Waals surface area contributed by atoms with Crippen molar-refractivity contribution in [2.45, 2.75) is 38.3 Å². The normalized spacial score (nSPS) is 22.6. The maximum Gasteiger partial charge on any atom is 0.310 e. The molecule has 1 aliphatic heterocycles. The molecule has 1 saturated heterocycles. The SMILES string of the molecule is CC(C(=O)O)c1ccc(CNC2CCCS(=O)(=O)C2)cc1. The van der Waals surface area contributed by atoms with Crippen molar-refractivity contribution < 1.29 is 18.3 Å². The highest BCUT2D eigenvalue weighted by molar-refractivity contribution is 7.91. The Morgan fingerprint density at radius 2 is 2.05 bits per heavy atom. The number of carbonyl (C=O) groups is 1. The van der Waals surface area contributed by atoms with Gasteiger partial charge in [-0.3, -0.25) is 4.79 Å². The average molecular weight is 311 g/mol. The van der Waals surface area contributed by atoms with Crippen LogP contribution in [-0.2, 0) is 21.2 Å². The van der Waals surface area contributed by atoms with Crippen LogP contribution in [0.25, 0.3) is 0 Å². The van der Waals surface area contributed by atoms with Crippen molar-refractivity contribution in [3.8, 4) is 0 Å². The largest absolute Gasteiger partial charge is 0.481 e. The van der Waals surface area contributed by atoms with Crippen LogP contribution < -0.4 is 5.32 Å². The molecule has 1 aromatic carbocycles. The predicted octanol–water partition coefficient (Wildman–Crippen LogP) is 1.54. The third kappa shape index (κ3) is 4.54. The molecule has 21 heavy (non-hydrogen) atoms. The quantitative estimate of drug-likeness (QED) is 0.862. The van der Waals surface area contributed by atoms with Crippen LogP contribution in [0.3, 0.4) is 0 Å². The van der Waals surface area contributed by atoms with Crippen molar-refractivity contribution in [3.63, 3.8) is 0 Å². The zero-order valence-electron chi connectivity index (χ0n) is 12.1. The molecule has 1 heterocycles. The van der Waals surface area contributed by atoms with Crippen molar-refractivity contribution >= 4 is 15.8 Å². The number of nitrogens with one attached hydrogen (secondary N) is 1. The number of sulfone groups is 1. The van der Waals surface area contributed by atoms with Crippen LogP contribution in [0.5, 0.6) is 0 Å². The summed E-state index contributed by atoms with van der Waals surface area (Å²) in [4.78, 5) is 10.9. The van der Waals surface area contributed by atoms with E-state index in [1.165, 1.54) is 0 Å². The standard InChI is InChI=1S/C15H21NO4S/c1-11(15(17)18)13-6-4-12(5-7-13)9-16-14-3-2-8-21(19,20)10-14/h4-7,11,14,16H,2-3,8-10H2,1H3,(H,17,18). The highest BCUT2D eigenvalue weighted by Gasteiger charge is 2.24. The molecule has 0 bridgehead atoms. The van der Waals surface area contributed by atoms with Crippen LogP contribution in [-0.4, -0.2) is 37.0 Å². The minimum absolute atomic E-state index is 0.0152. The van der Waals surface area contributed by atoms with Crippen molar-refractivity contribution in [3.05, 3.63) is 35.4 Å². The van der Waals surface area contributed by atoms with E-state index in [0.29, 0.717) is 12.3 Å². The molecule has 1 fully saturated rings. The molecular formula is C15H21NO4S. The maximum absolute atomic E-state index is 11.6. The van der Waals surface area contributed by atoms with E-state index in [1.54, 1.807) is 6.92 Å². The number of aliphatic carboxylic acids is 1. The van der Waals surface area contributed by atoms with Gasteiger partial charge in [-0.2, -0.15) is 0 Å². The highest BCUT2D eigenvalue weighted by atomic mass is 32.2. The number of hydrogen-bond acceptors (Lipinski definition) is 4. The average Bonchev–Trinajstić information content (AvgIpc) is 2.44. The van der Waals surface area contributed by atoms with Gasteiger partial charge in [-0.1, -0.05) is 24.3 Å². The van der Waals surface area contributed by atoms with Gasteiger partial charge < -0.3 is 10.4 Å². The Morgan fingerprint density at radius 1 is 1.38 bits per heavy atom. The molecule has 1 aromatic rings. The van der Waals surface area contributed by atoms with Gasteiger partial charge in [0.25, 0.3) is 0 Å². The molecule has 0 saturated carbocycles. The van der Waals surface area contributed by atoms with Gasteiger partial charge in [0.1, 0.15) is 0 Å². The van der Waals surface area contributed by atoms with E-state index in [0.717, 1.165) is 24.0 Å². The number of rotatable bonds is 5. The maximum atomic E-state index is 11.6. The molecule has 2 rings (SSSR count). The fourth-order valence-corrected chi connectivity index (χ4v) is 4.18. The second-order valence-electron chi connectivity index (χ2n) is 5.64. The van der Waals surface area contributed by atoms with Gasteiger partial charge in [0.05, 0.1) is 17.4 Å². The summed E-state index contributed by atoms with van der Waals surface area (Å²) >= 11 is 0. The van der Waals surface area contributed by atoms with Crippen LogP contribution >= 0.6 is 0 Å². The molecular weight excluding hydrogens is 290 g/mol. The lowest BCUT2D eigenvalue weighted by Crippen LogP contribution is -2.39. The zero-order chi connectivity index (χ0) is 15.5. The molecule has 1 aliphatic rings. The van der Waals surface area contributed by atoms with Gasteiger partial charge in [-0.05, 0) is 30.9 Å². The molecule has 6 heteroatoms. The van der Waals surface area contributed by atoms with Crippen molar-refractivity contribution in [2.24, 2.45) is 0 Å². The van der Waals surface area contributed by atoms with Crippen LogP contribution in [0.4, 0.5) is 0 Å². The molecule has 2 atom stereocenters. The third-order valence-corrected chi connectivity index (χ3v) is 5.73. The molecule has 116 valence electrons.